The van der Waals surface area contributed by atoms with Crippen LogP contribution in [-0.2, 0) is 27.2 Å². The number of halogens is 1. The van der Waals surface area contributed by atoms with Gasteiger partial charge in [-0.1, -0.05) is 23.7 Å². The number of carbonyl (C=O) groups excluding carboxylic acids is 2. The normalized spacial score (nSPS) is 11.0. The second-order valence-electron chi connectivity index (χ2n) is 6.69. The highest BCUT2D eigenvalue weighted by Gasteiger charge is 2.13. The number of esters is 1. The number of hydrogen-bond acceptors (Lipinski definition) is 7. The zero-order valence-electron chi connectivity index (χ0n) is 16.6. The summed E-state index contributed by atoms with van der Waals surface area (Å²) < 4.78 is 6.93. The van der Waals surface area contributed by atoms with Gasteiger partial charge in [0.05, 0.1) is 24.4 Å². The number of thiazole rings is 2. The fraction of sp³-hybridized carbons (Fsp3) is 0.238. The van der Waals surface area contributed by atoms with Gasteiger partial charge in [-0.25, -0.2) is 9.97 Å². The van der Waals surface area contributed by atoms with Gasteiger partial charge in [0.25, 0.3) is 0 Å². The van der Waals surface area contributed by atoms with E-state index in [1.807, 2.05) is 40.2 Å². The number of amides is 1. The Morgan fingerprint density at radius 1 is 1.16 bits per heavy atom. The molecule has 7 nitrogen and oxygen atoms in total. The van der Waals surface area contributed by atoms with Crippen molar-refractivity contribution in [1.29, 1.82) is 0 Å². The van der Waals surface area contributed by atoms with Crippen molar-refractivity contribution in [3.05, 3.63) is 57.6 Å². The summed E-state index contributed by atoms with van der Waals surface area (Å²) in [5.74, 6) is -0.458. The van der Waals surface area contributed by atoms with E-state index in [0.29, 0.717) is 35.3 Å². The van der Waals surface area contributed by atoms with Crippen LogP contribution in [0.15, 0.2) is 41.2 Å². The Balaban J connectivity index is 1.36. The maximum Gasteiger partial charge on any atom is 0.311 e. The average Bonchev–Trinajstić information content (AvgIpc) is 3.44. The fourth-order valence-electron chi connectivity index (χ4n) is 3.00. The van der Waals surface area contributed by atoms with Gasteiger partial charge >= 0.3 is 5.97 Å². The number of aromatic nitrogens is 3. The summed E-state index contributed by atoms with van der Waals surface area (Å²) >= 11 is 8.79. The van der Waals surface area contributed by atoms with Gasteiger partial charge in [-0.3, -0.25) is 14.0 Å². The van der Waals surface area contributed by atoms with Crippen molar-refractivity contribution in [2.24, 2.45) is 0 Å². The van der Waals surface area contributed by atoms with E-state index in [-0.39, 0.29) is 18.3 Å². The van der Waals surface area contributed by atoms with Crippen LogP contribution in [0.4, 0.5) is 5.13 Å². The Hall–Kier alpha value is -2.75. The number of nitrogens with one attached hydrogen (secondary N) is 1. The number of hydrogen-bond donors (Lipinski definition) is 1. The molecule has 0 aliphatic heterocycles. The zero-order valence-corrected chi connectivity index (χ0v) is 19.0. The van der Waals surface area contributed by atoms with E-state index in [0.717, 1.165) is 21.9 Å². The molecule has 0 aliphatic carbocycles. The molecule has 160 valence electrons. The largest absolute Gasteiger partial charge is 0.466 e. The molecule has 4 aromatic rings. The molecule has 3 heterocycles. The summed E-state index contributed by atoms with van der Waals surface area (Å²) in [6.07, 6.45) is 2.96. The SMILES string of the molecule is CCOC(=O)Cc1csc(NC(=O)CCc2csc3nc(-c4ccc(Cl)cc4)cn23)n1. The molecule has 0 bridgehead atoms. The van der Waals surface area contributed by atoms with Gasteiger partial charge in [0.1, 0.15) is 0 Å². The first-order valence-corrected chi connectivity index (χ1v) is 11.8. The van der Waals surface area contributed by atoms with E-state index >= 15 is 0 Å². The zero-order chi connectivity index (χ0) is 21.8. The van der Waals surface area contributed by atoms with Crippen LogP contribution in [0.5, 0.6) is 0 Å². The number of nitrogens with zero attached hydrogens (tertiary/aromatic N) is 3. The van der Waals surface area contributed by atoms with Crippen molar-refractivity contribution in [1.82, 2.24) is 14.4 Å². The van der Waals surface area contributed by atoms with Crippen molar-refractivity contribution in [3.63, 3.8) is 0 Å². The van der Waals surface area contributed by atoms with Gasteiger partial charge in [0.2, 0.25) is 5.91 Å². The van der Waals surface area contributed by atoms with E-state index in [1.165, 1.54) is 11.3 Å². The molecule has 0 saturated carbocycles. The molecule has 1 N–H and O–H groups in total. The van der Waals surface area contributed by atoms with E-state index in [9.17, 15) is 9.59 Å². The summed E-state index contributed by atoms with van der Waals surface area (Å²) in [7, 11) is 0. The van der Waals surface area contributed by atoms with Crippen LogP contribution in [0.1, 0.15) is 24.7 Å². The van der Waals surface area contributed by atoms with Crippen LogP contribution in [-0.4, -0.2) is 32.9 Å². The van der Waals surface area contributed by atoms with Crippen LogP contribution < -0.4 is 5.32 Å². The van der Waals surface area contributed by atoms with Gasteiger partial charge in [-0.05, 0) is 25.5 Å². The first kappa shape index (κ1) is 21.5. The van der Waals surface area contributed by atoms with Crippen LogP contribution in [0.3, 0.4) is 0 Å². The molecule has 1 amide bonds. The Morgan fingerprint density at radius 3 is 2.74 bits per heavy atom. The Bertz CT molecular complexity index is 1210. The number of benzene rings is 1. The summed E-state index contributed by atoms with van der Waals surface area (Å²) in [6.45, 7) is 2.09. The minimum Gasteiger partial charge on any atom is -0.466 e. The molecule has 31 heavy (non-hydrogen) atoms. The molecule has 0 atom stereocenters. The number of anilines is 1. The van der Waals surface area contributed by atoms with Crippen LogP contribution in [0, 0.1) is 0 Å². The minimum absolute atomic E-state index is 0.101. The lowest BCUT2D eigenvalue weighted by atomic mass is 10.2. The predicted molar refractivity (Wildman–Crippen MR) is 123 cm³/mol. The molecule has 0 aliphatic rings. The number of rotatable bonds is 8. The molecule has 3 aromatic heterocycles. The lowest BCUT2D eigenvalue weighted by Crippen LogP contribution is -2.13. The molecule has 0 spiro atoms. The quantitative estimate of drug-likeness (QED) is 0.369. The van der Waals surface area contributed by atoms with E-state index in [4.69, 9.17) is 16.3 Å². The average molecular weight is 475 g/mol. The number of fused-ring (bicyclic) bond motifs is 1. The van der Waals surface area contributed by atoms with E-state index < -0.39 is 0 Å². The second kappa shape index (κ2) is 9.59. The first-order valence-electron chi connectivity index (χ1n) is 9.63. The van der Waals surface area contributed by atoms with Gasteiger partial charge in [-0.15, -0.1) is 22.7 Å². The van der Waals surface area contributed by atoms with Crippen LogP contribution in [0.2, 0.25) is 5.02 Å². The first-order chi connectivity index (χ1) is 15.0. The van der Waals surface area contributed by atoms with Crippen molar-refractivity contribution >= 4 is 56.2 Å². The standard InChI is InChI=1S/C21H19ClN4O3S2/c1-2-29-19(28)9-15-11-30-20(23-15)25-18(27)8-7-16-12-31-21-24-17(10-26(16)21)13-3-5-14(22)6-4-13/h3-6,10-12H,2,7-9H2,1H3,(H,23,25,27). The lowest BCUT2D eigenvalue weighted by Gasteiger charge is -2.02. The Labute approximate surface area is 191 Å². The monoisotopic (exact) mass is 474 g/mol. The fourth-order valence-corrected chi connectivity index (χ4v) is 4.76. The van der Waals surface area contributed by atoms with Crippen molar-refractivity contribution in [2.45, 2.75) is 26.2 Å². The second-order valence-corrected chi connectivity index (χ2v) is 8.82. The number of aryl methyl sites for hydroxylation is 1. The van der Waals surface area contributed by atoms with Crippen molar-refractivity contribution in [2.75, 3.05) is 11.9 Å². The van der Waals surface area contributed by atoms with E-state index in [2.05, 4.69) is 15.3 Å². The summed E-state index contributed by atoms with van der Waals surface area (Å²) in [4.78, 5) is 33.7. The third-order valence-electron chi connectivity index (χ3n) is 4.46. The molecular weight excluding hydrogens is 456 g/mol. The highest BCUT2D eigenvalue weighted by atomic mass is 35.5. The maximum atomic E-state index is 12.4. The van der Waals surface area contributed by atoms with Gasteiger partial charge in [0, 0.05) is 39.7 Å². The third-order valence-corrected chi connectivity index (χ3v) is 6.41. The van der Waals surface area contributed by atoms with E-state index in [1.54, 1.807) is 23.6 Å². The summed E-state index contributed by atoms with van der Waals surface area (Å²) in [5, 5.41) is 7.73. The molecule has 0 radical (unpaired) electrons. The van der Waals surface area contributed by atoms with Gasteiger partial charge in [0.15, 0.2) is 10.1 Å². The molecule has 0 unspecified atom stereocenters. The van der Waals surface area contributed by atoms with Crippen molar-refractivity contribution < 1.29 is 14.3 Å². The smallest absolute Gasteiger partial charge is 0.311 e. The number of ether oxygens (including phenoxy) is 1. The highest BCUT2D eigenvalue weighted by Crippen LogP contribution is 2.25. The predicted octanol–water partition coefficient (Wildman–Crippen LogP) is 4.85. The summed E-state index contributed by atoms with van der Waals surface area (Å²) in [5.41, 5.74) is 3.47. The van der Waals surface area contributed by atoms with Crippen LogP contribution >= 0.6 is 34.3 Å². The van der Waals surface area contributed by atoms with Crippen LogP contribution in [0.25, 0.3) is 16.2 Å². The Morgan fingerprint density at radius 2 is 1.97 bits per heavy atom. The number of imidazole rings is 1. The number of carbonyl (C=O) groups is 2. The lowest BCUT2D eigenvalue weighted by molar-refractivity contribution is -0.142. The molecule has 0 saturated heterocycles. The molecule has 4 rings (SSSR count). The molecule has 10 heteroatoms. The maximum absolute atomic E-state index is 12.4. The summed E-state index contributed by atoms with van der Waals surface area (Å²) in [6, 6.07) is 7.55. The highest BCUT2D eigenvalue weighted by molar-refractivity contribution is 7.15. The molecule has 0 fully saturated rings. The van der Waals surface area contributed by atoms with Crippen molar-refractivity contribution in [3.8, 4) is 11.3 Å². The minimum atomic E-state index is -0.328. The topological polar surface area (TPSA) is 85.6 Å². The Kier molecular flexibility index (Phi) is 6.64. The molecular formula is C21H19ClN4O3S2. The van der Waals surface area contributed by atoms with Gasteiger partial charge < -0.3 is 10.1 Å². The third kappa shape index (κ3) is 5.30. The van der Waals surface area contributed by atoms with Gasteiger partial charge in [-0.2, -0.15) is 0 Å². The molecule has 1 aromatic carbocycles.